The largest absolute Gasteiger partial charge is 0.304 e. The van der Waals surface area contributed by atoms with Crippen molar-refractivity contribution in [2.24, 2.45) is 0 Å². The van der Waals surface area contributed by atoms with Crippen LogP contribution in [-0.2, 0) is 6.54 Å². The lowest BCUT2D eigenvalue weighted by atomic mass is 10.1. The summed E-state index contributed by atoms with van der Waals surface area (Å²) in [6, 6.07) is 2.02. The van der Waals surface area contributed by atoms with Gasteiger partial charge in [0.25, 0.3) is 0 Å². The Hall–Kier alpha value is -0.910. The molecule has 0 saturated carbocycles. The van der Waals surface area contributed by atoms with Crippen LogP contribution in [0.25, 0.3) is 0 Å². The highest BCUT2D eigenvalue weighted by atomic mass is 35.5. The highest BCUT2D eigenvalue weighted by Crippen LogP contribution is 2.32. The van der Waals surface area contributed by atoms with Crippen molar-refractivity contribution in [3.63, 3.8) is 0 Å². The van der Waals surface area contributed by atoms with E-state index in [2.05, 4.69) is 29.5 Å². The summed E-state index contributed by atoms with van der Waals surface area (Å²) in [5, 5.41) is 14.6. The maximum Gasteiger partial charge on any atom is 0.0873 e. The minimum atomic E-state index is 0.0778. The molecule has 0 spiro atoms. The number of halogens is 1. The number of aromatic nitrogens is 3. The number of nitrogens with one attached hydrogen (secondary N) is 1. The van der Waals surface area contributed by atoms with E-state index < -0.39 is 0 Å². The molecule has 0 amide bonds. The highest BCUT2D eigenvalue weighted by Gasteiger charge is 2.21. The second kappa shape index (κ2) is 7.03. The summed E-state index contributed by atoms with van der Waals surface area (Å²) in [4.78, 5) is 1.13. The van der Waals surface area contributed by atoms with Gasteiger partial charge in [-0.3, -0.25) is 0 Å². The monoisotopic (exact) mass is 298 g/mol. The lowest BCUT2D eigenvalue weighted by Crippen LogP contribution is -2.25. The van der Waals surface area contributed by atoms with Crippen molar-refractivity contribution >= 4 is 22.9 Å². The molecule has 0 fully saturated rings. The Morgan fingerprint density at radius 2 is 2.26 bits per heavy atom. The van der Waals surface area contributed by atoms with Gasteiger partial charge in [-0.05, 0) is 30.8 Å². The van der Waals surface area contributed by atoms with Crippen molar-refractivity contribution < 1.29 is 0 Å². The van der Waals surface area contributed by atoms with Crippen LogP contribution in [0.15, 0.2) is 17.6 Å². The van der Waals surface area contributed by atoms with E-state index in [1.54, 1.807) is 11.3 Å². The second-order valence-corrected chi connectivity index (χ2v) is 5.76. The van der Waals surface area contributed by atoms with E-state index in [0.29, 0.717) is 0 Å². The minimum absolute atomic E-state index is 0.0778. The molecule has 104 valence electrons. The van der Waals surface area contributed by atoms with E-state index in [9.17, 15) is 0 Å². The van der Waals surface area contributed by atoms with Gasteiger partial charge in [-0.15, -0.1) is 16.4 Å². The lowest BCUT2D eigenvalue weighted by molar-refractivity contribution is 0.507. The molecular formula is C13H19ClN4S. The van der Waals surface area contributed by atoms with Crippen molar-refractivity contribution in [1.82, 2.24) is 20.3 Å². The van der Waals surface area contributed by atoms with E-state index in [1.807, 2.05) is 22.3 Å². The molecule has 1 unspecified atom stereocenters. The van der Waals surface area contributed by atoms with Crippen molar-refractivity contribution in [1.29, 1.82) is 0 Å². The summed E-state index contributed by atoms with van der Waals surface area (Å²) in [6.07, 6.45) is 3.95. The number of hydrogen-bond acceptors (Lipinski definition) is 4. The standard InChI is InChI=1S/C13H19ClN4S/c1-3-6-15-12(13-10(14)5-8-19-13)11-9-16-17-18(11)7-4-2/h5,8-9,12,15H,3-4,6-7H2,1-2H3. The number of aryl methyl sites for hydroxylation is 1. The molecule has 0 aliphatic carbocycles. The Bertz CT molecular complexity index is 508. The topological polar surface area (TPSA) is 42.7 Å². The summed E-state index contributed by atoms with van der Waals surface area (Å²) in [5.41, 5.74) is 1.08. The molecule has 2 aromatic rings. The predicted octanol–water partition coefficient (Wildman–Crippen LogP) is 3.49. The zero-order valence-electron chi connectivity index (χ0n) is 11.3. The fraction of sp³-hybridized carbons (Fsp3) is 0.538. The van der Waals surface area contributed by atoms with Crippen molar-refractivity contribution in [2.75, 3.05) is 6.54 Å². The maximum absolute atomic E-state index is 6.28. The molecule has 0 aliphatic heterocycles. The van der Waals surface area contributed by atoms with Crippen LogP contribution in [0.1, 0.15) is 43.3 Å². The van der Waals surface area contributed by atoms with Crippen molar-refractivity contribution in [2.45, 2.75) is 39.3 Å². The Kier molecular flexibility index (Phi) is 5.36. The van der Waals surface area contributed by atoms with Gasteiger partial charge in [-0.2, -0.15) is 0 Å². The molecule has 2 aromatic heterocycles. The first-order valence-corrected chi connectivity index (χ1v) is 7.88. The SMILES string of the molecule is CCCNC(c1sccc1Cl)c1cnnn1CCC. The van der Waals surface area contributed by atoms with Gasteiger partial charge in [-0.25, -0.2) is 4.68 Å². The normalized spacial score (nSPS) is 12.8. The number of thiophene rings is 1. The molecule has 0 saturated heterocycles. The molecule has 0 aliphatic rings. The fourth-order valence-electron chi connectivity index (χ4n) is 2.01. The lowest BCUT2D eigenvalue weighted by Gasteiger charge is -2.18. The van der Waals surface area contributed by atoms with Gasteiger partial charge in [-0.1, -0.05) is 30.7 Å². The van der Waals surface area contributed by atoms with Crippen LogP contribution in [0.5, 0.6) is 0 Å². The quantitative estimate of drug-likeness (QED) is 0.851. The van der Waals surface area contributed by atoms with Gasteiger partial charge >= 0.3 is 0 Å². The molecular weight excluding hydrogens is 280 g/mol. The van der Waals surface area contributed by atoms with E-state index in [4.69, 9.17) is 11.6 Å². The summed E-state index contributed by atoms with van der Waals surface area (Å²) in [6.45, 7) is 6.11. The molecule has 0 aromatic carbocycles. The van der Waals surface area contributed by atoms with E-state index in [1.165, 1.54) is 0 Å². The predicted molar refractivity (Wildman–Crippen MR) is 79.8 cm³/mol. The Morgan fingerprint density at radius 1 is 1.42 bits per heavy atom. The number of rotatable bonds is 7. The molecule has 6 heteroatoms. The first-order chi connectivity index (χ1) is 9.27. The van der Waals surface area contributed by atoms with E-state index in [-0.39, 0.29) is 6.04 Å². The number of hydrogen-bond donors (Lipinski definition) is 1. The minimum Gasteiger partial charge on any atom is -0.304 e. The van der Waals surface area contributed by atoms with Gasteiger partial charge in [0, 0.05) is 11.4 Å². The van der Waals surface area contributed by atoms with Crippen molar-refractivity contribution in [3.8, 4) is 0 Å². The van der Waals surface area contributed by atoms with Crippen LogP contribution in [0.4, 0.5) is 0 Å². The second-order valence-electron chi connectivity index (χ2n) is 4.40. The Balaban J connectivity index is 2.31. The molecule has 1 atom stereocenters. The van der Waals surface area contributed by atoms with E-state index >= 15 is 0 Å². The van der Waals surface area contributed by atoms with Gasteiger partial charge in [0.15, 0.2) is 0 Å². The molecule has 0 radical (unpaired) electrons. The Labute approximate surface area is 122 Å². The summed E-state index contributed by atoms with van der Waals surface area (Å²) in [7, 11) is 0. The van der Waals surface area contributed by atoms with Crippen molar-refractivity contribution in [3.05, 3.63) is 33.2 Å². The highest BCUT2D eigenvalue weighted by molar-refractivity contribution is 7.10. The zero-order valence-corrected chi connectivity index (χ0v) is 12.8. The number of nitrogens with zero attached hydrogens (tertiary/aromatic N) is 3. The summed E-state index contributed by atoms with van der Waals surface area (Å²) < 4.78 is 1.96. The maximum atomic E-state index is 6.28. The van der Waals surface area contributed by atoms with Gasteiger partial charge in [0.2, 0.25) is 0 Å². The molecule has 0 bridgehead atoms. The van der Waals surface area contributed by atoms with Crippen LogP contribution in [0.2, 0.25) is 5.02 Å². The van der Waals surface area contributed by atoms with E-state index in [0.717, 1.165) is 41.5 Å². The molecule has 1 N–H and O–H groups in total. The average molecular weight is 299 g/mol. The van der Waals surface area contributed by atoms with Gasteiger partial charge in [0.05, 0.1) is 23.0 Å². The van der Waals surface area contributed by atoms with Crippen LogP contribution >= 0.6 is 22.9 Å². The first-order valence-electron chi connectivity index (χ1n) is 6.62. The first kappa shape index (κ1) is 14.5. The molecule has 2 rings (SSSR count). The van der Waals surface area contributed by atoms with Crippen LogP contribution in [0, 0.1) is 0 Å². The van der Waals surface area contributed by atoms with Gasteiger partial charge in [0.1, 0.15) is 0 Å². The van der Waals surface area contributed by atoms with Crippen LogP contribution in [-0.4, -0.2) is 21.5 Å². The molecule has 4 nitrogen and oxygen atoms in total. The van der Waals surface area contributed by atoms with Crippen LogP contribution < -0.4 is 5.32 Å². The Morgan fingerprint density at radius 3 is 2.89 bits per heavy atom. The van der Waals surface area contributed by atoms with Gasteiger partial charge < -0.3 is 5.32 Å². The smallest absolute Gasteiger partial charge is 0.0873 e. The third-order valence-electron chi connectivity index (χ3n) is 2.88. The fourth-order valence-corrected chi connectivity index (χ4v) is 3.26. The third kappa shape index (κ3) is 3.35. The third-order valence-corrected chi connectivity index (χ3v) is 4.31. The average Bonchev–Trinajstić information content (AvgIpc) is 3.01. The zero-order chi connectivity index (χ0) is 13.7. The summed E-state index contributed by atoms with van der Waals surface area (Å²) >= 11 is 7.95. The summed E-state index contributed by atoms with van der Waals surface area (Å²) in [5.74, 6) is 0. The molecule has 19 heavy (non-hydrogen) atoms. The molecule has 2 heterocycles. The van der Waals surface area contributed by atoms with Crippen LogP contribution in [0.3, 0.4) is 0 Å².